The monoisotopic (exact) mass is 459 g/mol. The highest BCUT2D eigenvalue weighted by Crippen LogP contribution is 2.26. The molecular formula is C27H29N3O4. The summed E-state index contributed by atoms with van der Waals surface area (Å²) in [7, 11) is 0. The molecule has 3 amide bonds. The lowest BCUT2D eigenvalue weighted by atomic mass is 10.0. The average Bonchev–Trinajstić information content (AvgIpc) is 3.58. The van der Waals surface area contributed by atoms with Gasteiger partial charge in [-0.1, -0.05) is 73.5 Å². The summed E-state index contributed by atoms with van der Waals surface area (Å²) in [6.45, 7) is -0.0274. The van der Waals surface area contributed by atoms with Crippen LogP contribution >= 0.6 is 0 Å². The van der Waals surface area contributed by atoms with Gasteiger partial charge in [-0.2, -0.15) is 0 Å². The fourth-order valence-electron chi connectivity index (χ4n) is 4.31. The second-order valence-corrected chi connectivity index (χ2v) is 8.47. The molecule has 0 bridgehead atoms. The molecule has 0 saturated heterocycles. The van der Waals surface area contributed by atoms with Crippen LogP contribution in [0.3, 0.4) is 0 Å². The Hall–Kier alpha value is -3.87. The summed E-state index contributed by atoms with van der Waals surface area (Å²) < 4.78 is 5.11. The van der Waals surface area contributed by atoms with E-state index in [1.807, 2.05) is 60.7 Å². The second-order valence-electron chi connectivity index (χ2n) is 8.47. The minimum absolute atomic E-state index is 0.117. The van der Waals surface area contributed by atoms with E-state index >= 15 is 0 Å². The zero-order chi connectivity index (χ0) is 23.8. The van der Waals surface area contributed by atoms with Crippen molar-refractivity contribution in [1.29, 1.82) is 0 Å². The largest absolute Gasteiger partial charge is 0.459 e. The van der Waals surface area contributed by atoms with Gasteiger partial charge in [0.15, 0.2) is 5.76 Å². The van der Waals surface area contributed by atoms with Crippen molar-refractivity contribution in [1.82, 2.24) is 15.5 Å². The van der Waals surface area contributed by atoms with E-state index in [4.69, 9.17) is 4.42 Å². The van der Waals surface area contributed by atoms with E-state index in [0.717, 1.165) is 36.8 Å². The average molecular weight is 460 g/mol. The Balaban J connectivity index is 1.60. The van der Waals surface area contributed by atoms with Crippen LogP contribution < -0.4 is 10.6 Å². The van der Waals surface area contributed by atoms with Crippen LogP contribution in [0.25, 0.3) is 0 Å². The molecule has 1 aliphatic rings. The van der Waals surface area contributed by atoms with Crippen molar-refractivity contribution in [2.24, 2.45) is 0 Å². The van der Waals surface area contributed by atoms with E-state index in [-0.39, 0.29) is 36.7 Å². The number of carbonyl (C=O) groups excluding carboxylic acids is 3. The molecule has 1 aliphatic carbocycles. The molecule has 0 spiro atoms. The van der Waals surface area contributed by atoms with Crippen LogP contribution in [0.5, 0.6) is 0 Å². The number of hydrogen-bond acceptors (Lipinski definition) is 4. The molecule has 0 unspecified atom stereocenters. The van der Waals surface area contributed by atoms with Gasteiger partial charge in [-0.05, 0) is 36.1 Å². The molecule has 3 aromatic rings. The molecule has 1 atom stereocenters. The van der Waals surface area contributed by atoms with Gasteiger partial charge in [-0.25, -0.2) is 0 Å². The third-order valence-electron chi connectivity index (χ3n) is 6.04. The Morgan fingerprint density at radius 3 is 2.24 bits per heavy atom. The summed E-state index contributed by atoms with van der Waals surface area (Å²) in [5, 5.41) is 5.76. The number of hydrogen-bond donors (Lipinski definition) is 2. The maximum Gasteiger partial charge on any atom is 0.287 e. The molecule has 34 heavy (non-hydrogen) atoms. The first-order valence-corrected chi connectivity index (χ1v) is 11.6. The number of carbonyl (C=O) groups is 3. The van der Waals surface area contributed by atoms with Crippen LogP contribution in [0.1, 0.15) is 53.4 Å². The predicted molar refractivity (Wildman–Crippen MR) is 128 cm³/mol. The van der Waals surface area contributed by atoms with Crippen molar-refractivity contribution in [3.05, 3.63) is 95.9 Å². The molecule has 0 aliphatic heterocycles. The van der Waals surface area contributed by atoms with E-state index in [1.54, 1.807) is 6.07 Å². The first-order chi connectivity index (χ1) is 16.6. The summed E-state index contributed by atoms with van der Waals surface area (Å²) in [5.41, 5.74) is 1.61. The van der Waals surface area contributed by atoms with Gasteiger partial charge in [0.25, 0.3) is 5.91 Å². The standard InChI is InChI=1S/C27H29N3O4/c31-24(18-28-26(32)23-16-9-17-34-23)30(19-20-10-3-1-4-11-20)25(21-12-5-2-6-13-21)27(33)29-22-14-7-8-15-22/h1-6,9-13,16-17,22,25H,7-8,14-15,18-19H2,(H,28,32)(H,29,33)/t25-/m0/s1. The number of nitrogens with one attached hydrogen (secondary N) is 2. The summed E-state index contributed by atoms with van der Waals surface area (Å²) in [6, 6.07) is 21.3. The Bertz CT molecular complexity index is 1080. The lowest BCUT2D eigenvalue weighted by molar-refractivity contribution is -0.141. The van der Waals surface area contributed by atoms with Gasteiger partial charge >= 0.3 is 0 Å². The number of benzene rings is 2. The van der Waals surface area contributed by atoms with Crippen LogP contribution in [0, 0.1) is 0 Å². The maximum absolute atomic E-state index is 13.6. The highest BCUT2D eigenvalue weighted by molar-refractivity contribution is 5.95. The van der Waals surface area contributed by atoms with Crippen molar-refractivity contribution in [3.63, 3.8) is 0 Å². The first kappa shape index (κ1) is 23.3. The van der Waals surface area contributed by atoms with Gasteiger partial charge in [0.1, 0.15) is 6.04 Å². The van der Waals surface area contributed by atoms with Gasteiger partial charge in [0.2, 0.25) is 11.8 Å². The molecule has 1 fully saturated rings. The fourth-order valence-corrected chi connectivity index (χ4v) is 4.31. The third kappa shape index (κ3) is 5.92. The fraction of sp³-hybridized carbons (Fsp3) is 0.296. The Morgan fingerprint density at radius 1 is 0.912 bits per heavy atom. The van der Waals surface area contributed by atoms with Crippen molar-refractivity contribution >= 4 is 17.7 Å². The molecule has 7 nitrogen and oxygen atoms in total. The third-order valence-corrected chi connectivity index (χ3v) is 6.04. The normalized spacial score (nSPS) is 14.4. The zero-order valence-electron chi connectivity index (χ0n) is 19.0. The van der Waals surface area contributed by atoms with E-state index in [1.165, 1.54) is 17.2 Å². The number of rotatable bonds is 9. The molecule has 1 heterocycles. The van der Waals surface area contributed by atoms with Crippen molar-refractivity contribution in [3.8, 4) is 0 Å². The molecule has 2 aromatic carbocycles. The Kier molecular flexibility index (Phi) is 7.75. The molecule has 1 aromatic heterocycles. The summed E-state index contributed by atoms with van der Waals surface area (Å²) in [4.78, 5) is 40.9. The van der Waals surface area contributed by atoms with Gasteiger partial charge in [0.05, 0.1) is 12.8 Å². The smallest absolute Gasteiger partial charge is 0.287 e. The van der Waals surface area contributed by atoms with Gasteiger partial charge in [-0.15, -0.1) is 0 Å². The molecule has 0 radical (unpaired) electrons. The van der Waals surface area contributed by atoms with Crippen LogP contribution in [0.15, 0.2) is 83.5 Å². The van der Waals surface area contributed by atoms with Crippen LogP contribution in [0.2, 0.25) is 0 Å². The summed E-state index contributed by atoms with van der Waals surface area (Å²) >= 11 is 0. The van der Waals surface area contributed by atoms with Gasteiger partial charge < -0.3 is 20.0 Å². The van der Waals surface area contributed by atoms with Crippen molar-refractivity contribution < 1.29 is 18.8 Å². The number of nitrogens with zero attached hydrogens (tertiary/aromatic N) is 1. The second kappa shape index (κ2) is 11.3. The molecule has 4 rings (SSSR count). The van der Waals surface area contributed by atoms with Crippen LogP contribution in [0.4, 0.5) is 0 Å². The lowest BCUT2D eigenvalue weighted by Crippen LogP contribution is -2.48. The Morgan fingerprint density at radius 2 is 1.59 bits per heavy atom. The van der Waals surface area contributed by atoms with Crippen LogP contribution in [-0.4, -0.2) is 35.2 Å². The number of amides is 3. The lowest BCUT2D eigenvalue weighted by Gasteiger charge is -2.32. The SMILES string of the molecule is O=C(NCC(=O)N(Cc1ccccc1)[C@H](C(=O)NC1CCCC1)c1ccccc1)c1ccco1. The quantitative estimate of drug-likeness (QED) is 0.509. The van der Waals surface area contributed by atoms with Crippen molar-refractivity contribution in [2.75, 3.05) is 6.54 Å². The summed E-state index contributed by atoms with van der Waals surface area (Å²) in [5.74, 6) is -0.926. The first-order valence-electron chi connectivity index (χ1n) is 11.6. The van der Waals surface area contributed by atoms with Gasteiger partial charge in [0, 0.05) is 12.6 Å². The Labute approximate surface area is 199 Å². The molecule has 176 valence electrons. The number of furan rings is 1. The van der Waals surface area contributed by atoms with E-state index in [0.29, 0.717) is 0 Å². The van der Waals surface area contributed by atoms with E-state index in [2.05, 4.69) is 10.6 Å². The van der Waals surface area contributed by atoms with Gasteiger partial charge in [-0.3, -0.25) is 14.4 Å². The van der Waals surface area contributed by atoms with E-state index < -0.39 is 11.9 Å². The van der Waals surface area contributed by atoms with Crippen LogP contribution in [-0.2, 0) is 16.1 Å². The maximum atomic E-state index is 13.6. The summed E-state index contributed by atoms with van der Waals surface area (Å²) in [6.07, 6.45) is 5.47. The molecule has 2 N–H and O–H groups in total. The minimum atomic E-state index is -0.824. The molecule has 7 heteroatoms. The predicted octanol–water partition coefficient (Wildman–Crippen LogP) is 3.84. The van der Waals surface area contributed by atoms with E-state index in [9.17, 15) is 14.4 Å². The van der Waals surface area contributed by atoms with Crippen molar-refractivity contribution in [2.45, 2.75) is 44.3 Å². The highest BCUT2D eigenvalue weighted by atomic mass is 16.3. The molecular weight excluding hydrogens is 430 g/mol. The zero-order valence-corrected chi connectivity index (χ0v) is 19.0. The minimum Gasteiger partial charge on any atom is -0.459 e. The highest BCUT2D eigenvalue weighted by Gasteiger charge is 2.33. The molecule has 1 saturated carbocycles. The topological polar surface area (TPSA) is 91.7 Å².